The lowest BCUT2D eigenvalue weighted by molar-refractivity contribution is 0.286. The van der Waals surface area contributed by atoms with Crippen LogP contribution in [0.15, 0.2) is 21.6 Å². The molecule has 10 heteroatoms. The molecule has 0 saturated carbocycles. The van der Waals surface area contributed by atoms with Crippen molar-refractivity contribution in [2.45, 2.75) is 18.4 Å². The Morgan fingerprint density at radius 3 is 2.60 bits per heavy atom. The molecule has 0 aliphatic carbocycles. The fourth-order valence-electron chi connectivity index (χ4n) is 1.38. The first-order valence-electron chi connectivity index (χ1n) is 5.21. The maximum Gasteiger partial charge on any atom is 0.239 e. The van der Waals surface area contributed by atoms with Crippen LogP contribution in [0.1, 0.15) is 11.7 Å². The van der Waals surface area contributed by atoms with Crippen LogP contribution in [-0.2, 0) is 16.6 Å². The van der Waals surface area contributed by atoms with Crippen molar-refractivity contribution in [3.63, 3.8) is 0 Å². The first kappa shape index (κ1) is 15.0. The van der Waals surface area contributed by atoms with Crippen LogP contribution >= 0.6 is 23.2 Å². The molecule has 0 aliphatic rings. The van der Waals surface area contributed by atoms with Gasteiger partial charge in [0.15, 0.2) is 6.61 Å². The molecule has 2 aromatic rings. The number of halogens is 2. The number of sulfonamides is 1. The normalized spacial score (nSPS) is 11.6. The van der Waals surface area contributed by atoms with E-state index in [1.165, 1.54) is 6.07 Å². The first-order valence-corrected chi connectivity index (χ1v) is 7.51. The standard InChI is InChI=1S/C10H9Cl2N3O4S/c1-5-14-10(15-19-5)4-18-8-2-7(12)9(3-6(8)11)20(13,16)17/h2-3H,4H2,1H3,(H2,13,16,17). The predicted molar refractivity (Wildman–Crippen MR) is 71.2 cm³/mol. The zero-order valence-electron chi connectivity index (χ0n) is 10.1. The summed E-state index contributed by atoms with van der Waals surface area (Å²) in [5.41, 5.74) is 0. The number of rotatable bonds is 4. The fourth-order valence-corrected chi connectivity index (χ4v) is 2.75. The second-order valence-electron chi connectivity index (χ2n) is 3.78. The molecule has 0 amide bonds. The van der Waals surface area contributed by atoms with Gasteiger partial charge in [-0.1, -0.05) is 28.4 Å². The Bertz CT molecular complexity index is 745. The highest BCUT2D eigenvalue weighted by Gasteiger charge is 2.17. The molecule has 0 aliphatic heterocycles. The lowest BCUT2D eigenvalue weighted by Gasteiger charge is -2.09. The average molecular weight is 338 g/mol. The molecule has 0 radical (unpaired) electrons. The van der Waals surface area contributed by atoms with Gasteiger partial charge in [-0.2, -0.15) is 4.98 Å². The van der Waals surface area contributed by atoms with Crippen LogP contribution in [0.2, 0.25) is 10.0 Å². The number of ether oxygens (including phenoxy) is 1. The van der Waals surface area contributed by atoms with Gasteiger partial charge < -0.3 is 9.26 Å². The minimum atomic E-state index is -3.95. The van der Waals surface area contributed by atoms with Crippen molar-refractivity contribution >= 4 is 33.2 Å². The van der Waals surface area contributed by atoms with E-state index in [0.29, 0.717) is 11.7 Å². The first-order chi connectivity index (χ1) is 9.27. The van der Waals surface area contributed by atoms with Gasteiger partial charge in [-0.25, -0.2) is 13.6 Å². The molecule has 1 aromatic heterocycles. The van der Waals surface area contributed by atoms with Crippen molar-refractivity contribution in [1.29, 1.82) is 0 Å². The van der Waals surface area contributed by atoms with Crippen LogP contribution in [0.25, 0.3) is 0 Å². The summed E-state index contributed by atoms with van der Waals surface area (Å²) in [6.45, 7) is 1.64. The summed E-state index contributed by atoms with van der Waals surface area (Å²) < 4.78 is 32.6. The molecular weight excluding hydrogens is 329 g/mol. The number of hydrogen-bond acceptors (Lipinski definition) is 6. The van der Waals surface area contributed by atoms with Gasteiger partial charge in [0, 0.05) is 13.0 Å². The van der Waals surface area contributed by atoms with Crippen molar-refractivity contribution in [2.75, 3.05) is 0 Å². The van der Waals surface area contributed by atoms with E-state index in [1.807, 2.05) is 0 Å². The molecule has 20 heavy (non-hydrogen) atoms. The molecule has 0 spiro atoms. The van der Waals surface area contributed by atoms with Gasteiger partial charge in [-0.3, -0.25) is 0 Å². The van der Waals surface area contributed by atoms with Crippen LogP contribution in [0.4, 0.5) is 0 Å². The molecule has 108 valence electrons. The van der Waals surface area contributed by atoms with E-state index in [2.05, 4.69) is 10.1 Å². The van der Waals surface area contributed by atoms with Gasteiger partial charge in [0.1, 0.15) is 10.6 Å². The molecule has 1 aromatic carbocycles. The minimum Gasteiger partial charge on any atom is -0.484 e. The maximum absolute atomic E-state index is 11.3. The molecular formula is C10H9Cl2N3O4S. The third kappa shape index (κ3) is 3.40. The smallest absolute Gasteiger partial charge is 0.239 e. The van der Waals surface area contributed by atoms with E-state index in [0.717, 1.165) is 6.07 Å². The van der Waals surface area contributed by atoms with Gasteiger partial charge >= 0.3 is 0 Å². The average Bonchev–Trinajstić information content (AvgIpc) is 2.74. The second kappa shape index (κ2) is 5.57. The van der Waals surface area contributed by atoms with Crippen molar-refractivity contribution in [3.8, 4) is 5.75 Å². The number of benzene rings is 1. The van der Waals surface area contributed by atoms with Gasteiger partial charge in [0.2, 0.25) is 21.7 Å². The van der Waals surface area contributed by atoms with E-state index >= 15 is 0 Å². The minimum absolute atomic E-state index is 0.00209. The van der Waals surface area contributed by atoms with E-state index in [1.54, 1.807) is 6.92 Å². The Kier molecular flexibility index (Phi) is 4.19. The van der Waals surface area contributed by atoms with Crippen molar-refractivity contribution in [3.05, 3.63) is 33.9 Å². The third-order valence-corrected chi connectivity index (χ3v) is 3.89. The van der Waals surface area contributed by atoms with Gasteiger partial charge in [-0.15, -0.1) is 0 Å². The molecule has 0 fully saturated rings. The summed E-state index contributed by atoms with van der Waals surface area (Å²) in [4.78, 5) is 3.67. The van der Waals surface area contributed by atoms with Gasteiger partial charge in [0.05, 0.1) is 10.0 Å². The van der Waals surface area contributed by atoms with Gasteiger partial charge in [0.25, 0.3) is 0 Å². The Morgan fingerprint density at radius 2 is 2.05 bits per heavy atom. The molecule has 0 unspecified atom stereocenters. The Balaban J connectivity index is 2.23. The molecule has 0 atom stereocenters. The lowest BCUT2D eigenvalue weighted by atomic mass is 10.3. The zero-order valence-corrected chi connectivity index (χ0v) is 12.5. The molecule has 0 saturated heterocycles. The summed E-state index contributed by atoms with van der Waals surface area (Å²) in [6.07, 6.45) is 0. The molecule has 2 N–H and O–H groups in total. The molecule has 0 bridgehead atoms. The highest BCUT2D eigenvalue weighted by atomic mass is 35.5. The van der Waals surface area contributed by atoms with Crippen molar-refractivity contribution in [1.82, 2.24) is 10.1 Å². The number of nitrogens with two attached hydrogens (primary N) is 1. The molecule has 2 rings (SSSR count). The molecule has 7 nitrogen and oxygen atoms in total. The zero-order chi connectivity index (χ0) is 14.9. The number of hydrogen-bond donors (Lipinski definition) is 1. The summed E-state index contributed by atoms with van der Waals surface area (Å²) in [5, 5.41) is 8.60. The number of nitrogens with zero attached hydrogens (tertiary/aromatic N) is 2. The van der Waals surface area contributed by atoms with E-state index in [-0.39, 0.29) is 27.3 Å². The van der Waals surface area contributed by atoms with E-state index < -0.39 is 10.0 Å². The van der Waals surface area contributed by atoms with E-state index in [4.69, 9.17) is 37.6 Å². The largest absolute Gasteiger partial charge is 0.484 e. The summed E-state index contributed by atoms with van der Waals surface area (Å²) in [7, 11) is -3.95. The molecule has 1 heterocycles. The topological polar surface area (TPSA) is 108 Å². The number of aryl methyl sites for hydroxylation is 1. The Morgan fingerprint density at radius 1 is 1.35 bits per heavy atom. The van der Waals surface area contributed by atoms with Crippen LogP contribution < -0.4 is 9.88 Å². The SMILES string of the molecule is Cc1nc(COc2cc(Cl)c(S(N)(=O)=O)cc2Cl)no1. The number of primary sulfonamides is 1. The monoisotopic (exact) mass is 337 g/mol. The predicted octanol–water partition coefficient (Wildman–Crippen LogP) is 1.91. The lowest BCUT2D eigenvalue weighted by Crippen LogP contribution is -2.13. The van der Waals surface area contributed by atoms with Crippen LogP contribution in [-0.4, -0.2) is 18.6 Å². The highest BCUT2D eigenvalue weighted by molar-refractivity contribution is 7.89. The quantitative estimate of drug-likeness (QED) is 0.912. The second-order valence-corrected chi connectivity index (χ2v) is 6.12. The Hall–Kier alpha value is -1.35. The Labute approximate surface area is 124 Å². The summed E-state index contributed by atoms with van der Waals surface area (Å²) in [6, 6.07) is 2.38. The van der Waals surface area contributed by atoms with Crippen LogP contribution in [0.3, 0.4) is 0 Å². The van der Waals surface area contributed by atoms with Crippen molar-refractivity contribution in [2.24, 2.45) is 5.14 Å². The summed E-state index contributed by atoms with van der Waals surface area (Å²) in [5.74, 6) is 0.911. The maximum atomic E-state index is 11.3. The van der Waals surface area contributed by atoms with Crippen molar-refractivity contribution < 1.29 is 17.7 Å². The number of aromatic nitrogens is 2. The van der Waals surface area contributed by atoms with Crippen LogP contribution in [0.5, 0.6) is 5.75 Å². The van der Waals surface area contributed by atoms with Gasteiger partial charge in [-0.05, 0) is 6.07 Å². The fraction of sp³-hybridized carbons (Fsp3) is 0.200. The van der Waals surface area contributed by atoms with E-state index in [9.17, 15) is 8.42 Å². The van der Waals surface area contributed by atoms with Crippen LogP contribution in [0, 0.1) is 6.92 Å². The highest BCUT2D eigenvalue weighted by Crippen LogP contribution is 2.33. The summed E-state index contributed by atoms with van der Waals surface area (Å²) >= 11 is 11.7. The third-order valence-electron chi connectivity index (χ3n) is 2.22.